The summed E-state index contributed by atoms with van der Waals surface area (Å²) >= 11 is 0. The van der Waals surface area contributed by atoms with E-state index in [1.165, 1.54) is 12.1 Å². The molecule has 0 aliphatic carbocycles. The zero-order valence-electron chi connectivity index (χ0n) is 10.3. The van der Waals surface area contributed by atoms with Gasteiger partial charge in [-0.2, -0.15) is 0 Å². The summed E-state index contributed by atoms with van der Waals surface area (Å²) in [5.41, 5.74) is 1.42. The molecule has 0 saturated carbocycles. The molecule has 90 valence electrons. The zero-order chi connectivity index (χ0) is 10.8. The molecular formula is C13H21BrN2. The summed E-state index contributed by atoms with van der Waals surface area (Å²) in [6.07, 6.45) is 0.639. The monoisotopic (exact) mass is 284 g/mol. The van der Waals surface area contributed by atoms with Gasteiger partial charge in [-0.25, -0.2) is 4.90 Å². The Labute approximate surface area is 109 Å². The molecule has 16 heavy (non-hydrogen) atoms. The van der Waals surface area contributed by atoms with Gasteiger partial charge in [-0.1, -0.05) is 30.3 Å². The predicted molar refractivity (Wildman–Crippen MR) is 62.7 cm³/mol. The third-order valence-corrected chi connectivity index (χ3v) is 3.60. The Morgan fingerprint density at radius 2 is 1.88 bits per heavy atom. The zero-order valence-corrected chi connectivity index (χ0v) is 11.9. The quantitative estimate of drug-likeness (QED) is 0.645. The SMILES string of the molecule is CC1C[NH+](C)C(C)N1Cc1ccccc1.[Br-]. The average molecular weight is 285 g/mol. The highest BCUT2D eigenvalue weighted by Crippen LogP contribution is 2.12. The van der Waals surface area contributed by atoms with Gasteiger partial charge in [0.05, 0.1) is 19.6 Å². The molecule has 1 N–H and O–H groups in total. The van der Waals surface area contributed by atoms with Crippen molar-refractivity contribution < 1.29 is 21.9 Å². The molecule has 1 aliphatic heterocycles. The highest BCUT2D eigenvalue weighted by atomic mass is 79.9. The highest BCUT2D eigenvalue weighted by Gasteiger charge is 2.34. The molecule has 0 aromatic heterocycles. The standard InChI is InChI=1S/C13H20N2.BrH/c1-11-9-14(3)12(2)15(11)10-13-7-5-4-6-8-13;/h4-8,11-12H,9-10H2,1-3H3;1H. The number of benzene rings is 1. The second-order valence-corrected chi connectivity index (χ2v) is 4.73. The number of quaternary nitrogens is 1. The van der Waals surface area contributed by atoms with Crippen LogP contribution in [0.5, 0.6) is 0 Å². The smallest absolute Gasteiger partial charge is 0.141 e. The van der Waals surface area contributed by atoms with Crippen molar-refractivity contribution in [2.45, 2.75) is 32.6 Å². The minimum atomic E-state index is 0. The molecule has 2 rings (SSSR count). The lowest BCUT2D eigenvalue weighted by molar-refractivity contribution is -0.897. The second kappa shape index (κ2) is 5.80. The van der Waals surface area contributed by atoms with Crippen molar-refractivity contribution in [3.63, 3.8) is 0 Å². The molecule has 0 spiro atoms. The molecule has 3 heteroatoms. The number of hydrogen-bond acceptors (Lipinski definition) is 1. The Bertz CT molecular complexity index is 315. The first-order valence-electron chi connectivity index (χ1n) is 5.80. The van der Waals surface area contributed by atoms with Crippen LogP contribution in [0.3, 0.4) is 0 Å². The molecule has 3 atom stereocenters. The van der Waals surface area contributed by atoms with Crippen molar-refractivity contribution in [1.29, 1.82) is 0 Å². The van der Waals surface area contributed by atoms with Crippen LogP contribution in [-0.2, 0) is 6.54 Å². The fraction of sp³-hybridized carbons (Fsp3) is 0.538. The Balaban J connectivity index is 0.00000128. The van der Waals surface area contributed by atoms with Crippen molar-refractivity contribution in [1.82, 2.24) is 4.90 Å². The van der Waals surface area contributed by atoms with Gasteiger partial charge in [0.25, 0.3) is 0 Å². The maximum Gasteiger partial charge on any atom is 0.141 e. The Hall–Kier alpha value is -0.380. The molecule has 1 saturated heterocycles. The van der Waals surface area contributed by atoms with Gasteiger partial charge in [-0.15, -0.1) is 0 Å². The van der Waals surface area contributed by atoms with Gasteiger partial charge >= 0.3 is 0 Å². The predicted octanol–water partition coefficient (Wildman–Crippen LogP) is -2.24. The minimum absolute atomic E-state index is 0. The van der Waals surface area contributed by atoms with Crippen molar-refractivity contribution in [2.75, 3.05) is 13.6 Å². The van der Waals surface area contributed by atoms with Crippen molar-refractivity contribution in [3.05, 3.63) is 35.9 Å². The van der Waals surface area contributed by atoms with E-state index < -0.39 is 0 Å². The molecule has 1 aliphatic rings. The fourth-order valence-corrected chi connectivity index (χ4v) is 2.51. The summed E-state index contributed by atoms with van der Waals surface area (Å²) in [5.74, 6) is 0. The third kappa shape index (κ3) is 2.84. The van der Waals surface area contributed by atoms with Crippen molar-refractivity contribution >= 4 is 0 Å². The highest BCUT2D eigenvalue weighted by molar-refractivity contribution is 5.14. The van der Waals surface area contributed by atoms with E-state index in [-0.39, 0.29) is 17.0 Å². The van der Waals surface area contributed by atoms with Crippen LogP contribution < -0.4 is 21.9 Å². The van der Waals surface area contributed by atoms with Gasteiger partial charge in [-0.05, 0) is 12.5 Å². The lowest BCUT2D eigenvalue weighted by atomic mass is 10.2. The lowest BCUT2D eigenvalue weighted by Crippen LogP contribution is -3.11. The summed E-state index contributed by atoms with van der Waals surface area (Å²) in [6.45, 7) is 6.99. The van der Waals surface area contributed by atoms with E-state index in [4.69, 9.17) is 0 Å². The van der Waals surface area contributed by atoms with Crippen LogP contribution in [0.4, 0.5) is 0 Å². The maximum absolute atomic E-state index is 2.59. The number of hydrogen-bond donors (Lipinski definition) is 1. The normalized spacial score (nSPS) is 30.1. The summed E-state index contributed by atoms with van der Waals surface area (Å²) in [5, 5.41) is 0. The van der Waals surface area contributed by atoms with Crippen LogP contribution in [0.2, 0.25) is 0 Å². The van der Waals surface area contributed by atoms with Crippen LogP contribution in [0.25, 0.3) is 0 Å². The van der Waals surface area contributed by atoms with E-state index >= 15 is 0 Å². The number of rotatable bonds is 2. The van der Waals surface area contributed by atoms with Crippen LogP contribution in [0.15, 0.2) is 30.3 Å². The number of halogens is 1. The van der Waals surface area contributed by atoms with E-state index in [9.17, 15) is 0 Å². The molecule has 0 radical (unpaired) electrons. The van der Waals surface area contributed by atoms with Gasteiger partial charge in [0.1, 0.15) is 6.17 Å². The molecule has 1 fully saturated rings. The molecular weight excluding hydrogens is 264 g/mol. The topological polar surface area (TPSA) is 7.68 Å². The van der Waals surface area contributed by atoms with Crippen molar-refractivity contribution in [3.8, 4) is 0 Å². The van der Waals surface area contributed by atoms with Crippen LogP contribution >= 0.6 is 0 Å². The summed E-state index contributed by atoms with van der Waals surface area (Å²) in [7, 11) is 2.28. The number of nitrogens with zero attached hydrogens (tertiary/aromatic N) is 1. The van der Waals surface area contributed by atoms with Gasteiger partial charge in [0.2, 0.25) is 0 Å². The van der Waals surface area contributed by atoms with E-state index in [2.05, 4.69) is 56.1 Å². The first kappa shape index (κ1) is 13.7. The summed E-state index contributed by atoms with van der Waals surface area (Å²) in [6, 6.07) is 11.5. The molecule has 2 nitrogen and oxygen atoms in total. The van der Waals surface area contributed by atoms with Gasteiger partial charge in [0.15, 0.2) is 0 Å². The molecule has 0 bridgehead atoms. The lowest BCUT2D eigenvalue weighted by Gasteiger charge is -2.23. The molecule has 1 aromatic rings. The van der Waals surface area contributed by atoms with E-state index in [0.29, 0.717) is 12.2 Å². The molecule has 1 heterocycles. The van der Waals surface area contributed by atoms with Crippen molar-refractivity contribution in [2.24, 2.45) is 0 Å². The van der Waals surface area contributed by atoms with Crippen LogP contribution in [0.1, 0.15) is 19.4 Å². The minimum Gasteiger partial charge on any atom is -1.00 e. The molecule has 0 amide bonds. The second-order valence-electron chi connectivity index (χ2n) is 4.73. The number of nitrogens with one attached hydrogen (secondary N) is 1. The van der Waals surface area contributed by atoms with Gasteiger partial charge in [-0.3, -0.25) is 0 Å². The first-order valence-corrected chi connectivity index (χ1v) is 5.80. The average Bonchev–Trinajstić information content (AvgIpc) is 2.47. The van der Waals surface area contributed by atoms with E-state index in [1.807, 2.05) is 0 Å². The Kier molecular flexibility index (Phi) is 4.96. The van der Waals surface area contributed by atoms with Gasteiger partial charge < -0.3 is 21.9 Å². The Morgan fingerprint density at radius 1 is 1.25 bits per heavy atom. The summed E-state index contributed by atoms with van der Waals surface area (Å²) < 4.78 is 0. The molecule has 1 aromatic carbocycles. The molecule has 3 unspecified atom stereocenters. The van der Waals surface area contributed by atoms with Crippen LogP contribution in [-0.4, -0.2) is 30.7 Å². The van der Waals surface area contributed by atoms with Crippen LogP contribution in [0, 0.1) is 0 Å². The van der Waals surface area contributed by atoms with E-state index in [1.54, 1.807) is 4.90 Å². The summed E-state index contributed by atoms with van der Waals surface area (Å²) in [4.78, 5) is 4.21. The maximum atomic E-state index is 2.59. The van der Waals surface area contributed by atoms with Gasteiger partial charge in [0, 0.05) is 13.5 Å². The first-order chi connectivity index (χ1) is 7.18. The number of likely N-dealkylation sites (N-methyl/N-ethyl adjacent to an activating group) is 1. The largest absolute Gasteiger partial charge is 1.00 e. The van der Waals surface area contributed by atoms with E-state index in [0.717, 1.165) is 6.54 Å². The third-order valence-electron chi connectivity index (χ3n) is 3.60. The Morgan fingerprint density at radius 3 is 2.38 bits per heavy atom. The fourth-order valence-electron chi connectivity index (χ4n) is 2.51.